The molecule has 4 aromatic rings. The van der Waals surface area contributed by atoms with Crippen molar-refractivity contribution in [3.63, 3.8) is 0 Å². The number of carbonyl (C=O) groups excluding carboxylic acids is 4. The minimum Gasteiger partial charge on any atom is -0.444 e. The molecule has 8 saturated heterocycles. The van der Waals surface area contributed by atoms with Gasteiger partial charge < -0.3 is 72.8 Å². The van der Waals surface area contributed by atoms with E-state index in [1.807, 2.05) is 150 Å². The zero-order valence-corrected chi connectivity index (χ0v) is 85.2. The fourth-order valence-corrected chi connectivity index (χ4v) is 22.0. The van der Waals surface area contributed by atoms with Crippen LogP contribution in [0.2, 0.25) is 0 Å². The van der Waals surface area contributed by atoms with Gasteiger partial charge in [0.2, 0.25) is 0 Å². The van der Waals surface area contributed by atoms with Gasteiger partial charge >= 0.3 is 18.3 Å². The Bertz CT molecular complexity index is 4730. The molecule has 0 aromatic heterocycles. The lowest BCUT2D eigenvalue weighted by Crippen LogP contribution is -2.49. The number of nitrogens with one attached hydrogen (secondary N) is 3. The van der Waals surface area contributed by atoms with Gasteiger partial charge in [0, 0.05) is 136 Å². The van der Waals surface area contributed by atoms with Crippen LogP contribution in [-0.4, -0.2) is 255 Å². The molecule has 724 valence electrons. The van der Waals surface area contributed by atoms with Gasteiger partial charge in [0.15, 0.2) is 5.78 Å². The average Bonchev–Trinajstić information content (AvgIpc) is 1.60. The first-order valence-corrected chi connectivity index (χ1v) is 52.0. The highest BCUT2D eigenvalue weighted by atomic mass is 32.2. The summed E-state index contributed by atoms with van der Waals surface area (Å²) in [5, 5.41) is 8.55. The molecule has 8 fully saturated rings. The Hall–Kier alpha value is -6.49. The van der Waals surface area contributed by atoms with Crippen LogP contribution in [0.1, 0.15) is 258 Å². The van der Waals surface area contributed by atoms with Gasteiger partial charge in [0.25, 0.3) is 0 Å². The number of anilines is 4. The topological polar surface area (TPSA) is 298 Å². The zero-order chi connectivity index (χ0) is 94.5. The smallest absolute Gasteiger partial charge is 0.410 e. The van der Waals surface area contributed by atoms with Crippen molar-refractivity contribution in [1.82, 2.24) is 29.5 Å². The van der Waals surface area contributed by atoms with Crippen molar-refractivity contribution in [1.29, 1.82) is 0 Å². The van der Waals surface area contributed by atoms with Gasteiger partial charge in [-0.05, 0) is 328 Å². The average molecular weight is 1880 g/mol. The van der Waals surface area contributed by atoms with Crippen LogP contribution in [0.3, 0.4) is 0 Å². The Morgan fingerprint density at radius 1 is 0.392 bits per heavy atom. The number of morpholine rings is 4. The molecular weight excluding hydrogens is 1730 g/mol. The van der Waals surface area contributed by atoms with E-state index in [1.165, 1.54) is 44.9 Å². The highest BCUT2D eigenvalue weighted by molar-refractivity contribution is 7.85. The number of rotatable bonds is 9. The molecule has 0 unspecified atom stereocenters. The molecule has 0 radical (unpaired) electrons. The van der Waals surface area contributed by atoms with Gasteiger partial charge in [-0.1, -0.05) is 24.3 Å². The molecule has 5 N–H and O–H groups in total. The number of hydrogen-bond donors (Lipinski definition) is 4. The molecule has 4 aromatic carbocycles. The summed E-state index contributed by atoms with van der Waals surface area (Å²) >= 11 is 0. The molecule has 4 spiro atoms. The molecule has 16 rings (SSSR count). The summed E-state index contributed by atoms with van der Waals surface area (Å²) in [4.78, 5) is 65.8. The second-order valence-electron chi connectivity index (χ2n) is 44.4. The number of carbonyl (C=O) groups is 4. The third-order valence-corrected chi connectivity index (χ3v) is 32.8. The van der Waals surface area contributed by atoms with Crippen molar-refractivity contribution in [3.05, 3.63) is 117 Å². The lowest BCUT2D eigenvalue weighted by molar-refractivity contribution is 0.00699. The first-order valence-electron chi connectivity index (χ1n) is 47.4. The fourth-order valence-electron chi connectivity index (χ4n) is 19.4. The van der Waals surface area contributed by atoms with E-state index in [4.69, 9.17) is 42.7 Å². The minimum absolute atomic E-state index is 0.00987. The Balaban J connectivity index is 0.000000153. The molecular formula is C99H154N12O15S4. The number of benzene rings is 4. The van der Waals surface area contributed by atoms with Crippen LogP contribution in [0.4, 0.5) is 37.1 Å². The van der Waals surface area contributed by atoms with Crippen LogP contribution in [-0.2, 0) is 103 Å². The second kappa shape index (κ2) is 41.6. The maximum Gasteiger partial charge on any atom is 0.410 e. The summed E-state index contributed by atoms with van der Waals surface area (Å²) in [5.74, 6) is 0.251. The van der Waals surface area contributed by atoms with E-state index < -0.39 is 65.5 Å². The van der Waals surface area contributed by atoms with E-state index in [9.17, 15) is 36.0 Å². The highest BCUT2D eigenvalue weighted by Gasteiger charge is 2.54. The van der Waals surface area contributed by atoms with E-state index in [-0.39, 0.29) is 72.0 Å². The Morgan fingerprint density at radius 2 is 0.692 bits per heavy atom. The first kappa shape index (κ1) is 102. The van der Waals surface area contributed by atoms with Crippen molar-refractivity contribution in [2.24, 2.45) is 31.2 Å². The number of hydrogen-bond acceptors (Lipinski definition) is 20. The van der Waals surface area contributed by atoms with Gasteiger partial charge in [0.05, 0.1) is 123 Å². The molecule has 0 saturated carbocycles. The number of likely N-dealkylation sites (tertiary alicyclic amines) is 3. The van der Waals surface area contributed by atoms with Gasteiger partial charge in [0.1, 0.15) is 27.8 Å². The maximum absolute atomic E-state index is 13.3. The molecule has 6 atom stereocenters. The first-order chi connectivity index (χ1) is 60.9. The molecule has 8 heterocycles. The summed E-state index contributed by atoms with van der Waals surface area (Å²) in [7, 11) is -4.81. The molecule has 3 amide bonds. The quantitative estimate of drug-likeness (QED) is 0.113. The predicted octanol–water partition coefficient (Wildman–Crippen LogP) is 14.8. The van der Waals surface area contributed by atoms with Crippen LogP contribution < -0.4 is 39.5 Å². The third kappa shape index (κ3) is 25.6. The number of nitrogens with two attached hydrogens (primary N) is 1. The summed E-state index contributed by atoms with van der Waals surface area (Å²) in [5.41, 5.74) is 13.5. The summed E-state index contributed by atoms with van der Waals surface area (Å²) in [6.07, 6.45) is 9.85. The van der Waals surface area contributed by atoms with Crippen LogP contribution in [0.5, 0.6) is 0 Å². The Kier molecular flexibility index (Phi) is 32.8. The van der Waals surface area contributed by atoms with Crippen molar-refractivity contribution in [3.8, 4) is 0 Å². The van der Waals surface area contributed by atoms with Crippen LogP contribution >= 0.6 is 0 Å². The molecule has 4 aliphatic carbocycles. The molecule has 12 aliphatic rings. The Morgan fingerprint density at radius 3 is 1.02 bits per heavy atom. The van der Waals surface area contributed by atoms with Crippen molar-refractivity contribution >= 4 is 96.5 Å². The third-order valence-electron chi connectivity index (χ3n) is 27.0. The number of nitrogens with zero attached hydrogens (tertiary/aromatic N) is 8. The van der Waals surface area contributed by atoms with Crippen molar-refractivity contribution in [2.75, 3.05) is 177 Å². The lowest BCUT2D eigenvalue weighted by atomic mass is 9.73. The lowest BCUT2D eigenvalue weighted by Gasteiger charge is -2.44. The van der Waals surface area contributed by atoms with E-state index in [1.54, 1.807) is 9.80 Å². The van der Waals surface area contributed by atoms with E-state index in [2.05, 4.69) is 107 Å². The molecule has 27 nitrogen and oxygen atoms in total. The minimum atomic E-state index is -1.36. The number of ketones is 1. The van der Waals surface area contributed by atoms with Gasteiger partial charge in [-0.25, -0.2) is 40.7 Å². The monoisotopic (exact) mass is 1880 g/mol. The van der Waals surface area contributed by atoms with Crippen LogP contribution in [0.15, 0.2) is 77.2 Å². The van der Waals surface area contributed by atoms with Crippen LogP contribution in [0.25, 0.3) is 0 Å². The van der Waals surface area contributed by atoms with E-state index in [0.717, 1.165) is 211 Å². The molecule has 8 aliphatic heterocycles. The van der Waals surface area contributed by atoms with E-state index in [0.29, 0.717) is 52.1 Å². The normalized spacial score (nSPS) is 23.1. The second-order valence-corrected chi connectivity index (χ2v) is 52.1. The van der Waals surface area contributed by atoms with Crippen molar-refractivity contribution < 1.29 is 69.2 Å². The van der Waals surface area contributed by atoms with Gasteiger partial charge in [-0.15, -0.1) is 0 Å². The summed E-state index contributed by atoms with van der Waals surface area (Å²) in [6, 6.07) is 26.8. The number of piperidine rings is 4. The number of amides is 3. The maximum atomic E-state index is 13.3. The largest absolute Gasteiger partial charge is 0.444 e. The molecule has 31 heteroatoms. The van der Waals surface area contributed by atoms with E-state index >= 15 is 0 Å². The van der Waals surface area contributed by atoms with Crippen molar-refractivity contribution in [2.45, 2.75) is 270 Å². The Labute approximate surface area is 786 Å². The van der Waals surface area contributed by atoms with Gasteiger partial charge in [-0.3, -0.25) is 9.93 Å². The zero-order valence-electron chi connectivity index (χ0n) is 82.0. The summed E-state index contributed by atoms with van der Waals surface area (Å²) in [6.45, 7) is 59.5. The SMILES string of the molecule is CC(C)(C)OC(=O)N1CCC2(CC1)Cc1ccc(N3CCOCC3)cc1C2=N[S@](=O)C(C)(C)C.CC(C)(C)OC(=O)N1CCC2(CC1)Cc1ccc(N3CCOCC3)cc1C2=O.CC(C)(C)OC(=O)N1CCC2(CC1)Cc1ccc(N3CCOCC3)cc1[C@H]2N[S@](=O)C(C)(C)C.CC(C)(C)[S@@](=O)N[C@@H]1c2cc(N3CCOCC3)ccc2CC12CCNCC2.CC(C)(C)[S@@](N)=O. The molecule has 0 bridgehead atoms. The molecule has 130 heavy (non-hydrogen) atoms. The number of ether oxygens (including phenoxy) is 7. The highest BCUT2D eigenvalue weighted by Crippen LogP contribution is 2.56. The van der Waals surface area contributed by atoms with Crippen LogP contribution in [0, 0.1) is 21.7 Å². The fraction of sp³-hybridized carbons (Fsp3) is 0.707. The summed E-state index contributed by atoms with van der Waals surface area (Å²) < 4.78 is 99.2. The number of fused-ring (bicyclic) bond motifs is 4. The number of Topliss-reactive ketones (excluding diaryl/α,β-unsaturated/α-hetero) is 1. The standard InChI is InChI=1S/C26H41N3O4S.C26H39N3O4S.C22H30N2O4.C21H33N3O2S.C4H11NOS/c2*1-24(2,3)33-23(30)29-11-9-26(10-12-29)18-19-7-8-20(28-13-15-32-16-14-28)17-21(19)22(26)27-34(31)25(4,5)6;1-21(2,3)28-20(26)24-8-6-22(7-9-24)15-16-4-5-17(14-18(16)19(22)25)23-10-12-27-13-11-23;1-20(2,3)27(25)23-19-18-14-17(24-10-12-26-13-11-24)5-4-16(18)15-21(19)6-8-22-9-7-21;1-4(2,3)7(5)6/h7-8,17,22,27H,9-16,18H2,1-6H3;7-8,17H,9-16,18H2,1-6H3;4-5,14H,6-13,15H2,1-3H3;4-5,14,19,22-23H,6-13,15H2,1-3H3;5H2,1-3H3/t22-,34-;34-;;19-,27-;7-/m11.10/s1. The van der Waals surface area contributed by atoms with Gasteiger partial charge in [-0.2, -0.15) is 4.40 Å². The predicted molar refractivity (Wildman–Crippen MR) is 524 cm³/mol.